The molecule has 2 aromatic rings. The molecule has 0 atom stereocenters. The predicted molar refractivity (Wildman–Crippen MR) is 89.9 cm³/mol. The van der Waals surface area contributed by atoms with Crippen LogP contribution in [0.1, 0.15) is 31.9 Å². The summed E-state index contributed by atoms with van der Waals surface area (Å²) in [4.78, 5) is 0. The lowest BCUT2D eigenvalue weighted by Crippen LogP contribution is -2.10. The zero-order valence-electron chi connectivity index (χ0n) is 13.7. The molecule has 2 rings (SSSR count). The maximum atomic E-state index is 5.41. The van der Waals surface area contributed by atoms with Gasteiger partial charge in [0.1, 0.15) is 5.75 Å². The van der Waals surface area contributed by atoms with Crippen molar-refractivity contribution in [1.29, 1.82) is 0 Å². The smallest absolute Gasteiger partial charge is 0.123 e. The van der Waals surface area contributed by atoms with Crippen LogP contribution in [0, 0.1) is 0 Å². The summed E-state index contributed by atoms with van der Waals surface area (Å²) in [5, 5.41) is 3.19. The molecule has 1 N–H and O–H groups in total. The van der Waals surface area contributed by atoms with Gasteiger partial charge in [0.15, 0.2) is 0 Å². The second kappa shape index (κ2) is 6.31. The van der Waals surface area contributed by atoms with Crippen LogP contribution in [0.5, 0.6) is 5.75 Å². The minimum atomic E-state index is 0.190. The molecule has 2 aromatic carbocycles. The maximum absolute atomic E-state index is 5.41. The second-order valence-corrected chi connectivity index (χ2v) is 6.38. The Labute approximate surface area is 128 Å². The molecule has 0 aromatic heterocycles. The average molecular weight is 283 g/mol. The summed E-state index contributed by atoms with van der Waals surface area (Å²) in [5.74, 6) is 0.930. The minimum absolute atomic E-state index is 0.190. The lowest BCUT2D eigenvalue weighted by Gasteiger charge is -2.19. The van der Waals surface area contributed by atoms with Crippen LogP contribution >= 0.6 is 0 Å². The molecule has 0 aliphatic rings. The van der Waals surface area contributed by atoms with Gasteiger partial charge in [-0.1, -0.05) is 51.1 Å². The zero-order chi connectivity index (χ0) is 15.5. The highest BCUT2D eigenvalue weighted by Crippen LogP contribution is 2.29. The summed E-state index contributed by atoms with van der Waals surface area (Å²) < 4.78 is 5.41. The molecule has 21 heavy (non-hydrogen) atoms. The molecule has 2 nitrogen and oxygen atoms in total. The maximum Gasteiger partial charge on any atom is 0.123 e. The van der Waals surface area contributed by atoms with Gasteiger partial charge in [-0.15, -0.1) is 0 Å². The SMILES string of the molecule is CNCc1cc(-c2ccc(C(C)(C)C)cc2)ccc1OC. The van der Waals surface area contributed by atoms with E-state index in [9.17, 15) is 0 Å². The Hall–Kier alpha value is -1.80. The number of nitrogens with one attached hydrogen (secondary N) is 1. The Morgan fingerprint density at radius 3 is 2.10 bits per heavy atom. The third-order valence-corrected chi connectivity index (χ3v) is 3.73. The van der Waals surface area contributed by atoms with Crippen LogP contribution in [0.2, 0.25) is 0 Å². The summed E-state index contributed by atoms with van der Waals surface area (Å²) in [6, 6.07) is 15.2. The summed E-state index contributed by atoms with van der Waals surface area (Å²) in [6.07, 6.45) is 0. The Morgan fingerprint density at radius 1 is 0.952 bits per heavy atom. The topological polar surface area (TPSA) is 21.3 Å². The van der Waals surface area contributed by atoms with Crippen molar-refractivity contribution in [3.63, 3.8) is 0 Å². The van der Waals surface area contributed by atoms with Crippen molar-refractivity contribution < 1.29 is 4.74 Å². The third kappa shape index (κ3) is 3.64. The molecule has 0 aliphatic carbocycles. The van der Waals surface area contributed by atoms with E-state index in [1.165, 1.54) is 22.3 Å². The molecule has 0 heterocycles. The first-order valence-electron chi connectivity index (χ1n) is 7.38. The van der Waals surface area contributed by atoms with E-state index in [0.29, 0.717) is 0 Å². The van der Waals surface area contributed by atoms with Crippen LogP contribution < -0.4 is 10.1 Å². The summed E-state index contributed by atoms with van der Waals surface area (Å²) in [6.45, 7) is 7.51. The lowest BCUT2D eigenvalue weighted by atomic mass is 9.86. The largest absolute Gasteiger partial charge is 0.496 e. The molecular weight excluding hydrogens is 258 g/mol. The van der Waals surface area contributed by atoms with E-state index in [-0.39, 0.29) is 5.41 Å². The van der Waals surface area contributed by atoms with E-state index in [1.54, 1.807) is 7.11 Å². The van der Waals surface area contributed by atoms with Gasteiger partial charge in [0.2, 0.25) is 0 Å². The summed E-state index contributed by atoms with van der Waals surface area (Å²) >= 11 is 0. The van der Waals surface area contributed by atoms with E-state index >= 15 is 0 Å². The van der Waals surface area contributed by atoms with E-state index < -0.39 is 0 Å². The molecule has 0 saturated carbocycles. The normalized spacial score (nSPS) is 11.5. The fourth-order valence-electron chi connectivity index (χ4n) is 2.45. The molecule has 0 aliphatic heterocycles. The monoisotopic (exact) mass is 283 g/mol. The molecule has 0 radical (unpaired) electrons. The van der Waals surface area contributed by atoms with E-state index in [2.05, 4.69) is 62.5 Å². The highest BCUT2D eigenvalue weighted by Gasteiger charge is 2.13. The van der Waals surface area contributed by atoms with Crippen molar-refractivity contribution in [3.8, 4) is 16.9 Å². The number of methoxy groups -OCH3 is 1. The molecule has 112 valence electrons. The van der Waals surface area contributed by atoms with Gasteiger partial charge in [0, 0.05) is 12.1 Å². The van der Waals surface area contributed by atoms with Gasteiger partial charge in [-0.05, 0) is 41.3 Å². The summed E-state index contributed by atoms with van der Waals surface area (Å²) in [7, 11) is 3.66. The molecule has 0 unspecified atom stereocenters. The highest BCUT2D eigenvalue weighted by molar-refractivity contribution is 5.66. The van der Waals surface area contributed by atoms with Crippen molar-refractivity contribution in [2.75, 3.05) is 14.2 Å². The fraction of sp³-hybridized carbons (Fsp3) is 0.368. The van der Waals surface area contributed by atoms with Crippen LogP contribution in [0.4, 0.5) is 0 Å². The minimum Gasteiger partial charge on any atom is -0.496 e. The molecule has 0 spiro atoms. The van der Waals surface area contributed by atoms with Crippen LogP contribution in [-0.4, -0.2) is 14.2 Å². The zero-order valence-corrected chi connectivity index (χ0v) is 13.7. The van der Waals surface area contributed by atoms with Crippen molar-refractivity contribution in [2.45, 2.75) is 32.7 Å². The Bertz CT molecular complexity index is 594. The first-order chi connectivity index (χ1) is 9.95. The first-order valence-corrected chi connectivity index (χ1v) is 7.38. The van der Waals surface area contributed by atoms with Crippen LogP contribution in [0.15, 0.2) is 42.5 Å². The molecule has 0 saturated heterocycles. The summed E-state index contributed by atoms with van der Waals surface area (Å²) in [5.41, 5.74) is 5.19. The number of hydrogen-bond donors (Lipinski definition) is 1. The first kappa shape index (κ1) is 15.6. The molecule has 2 heteroatoms. The average Bonchev–Trinajstić information content (AvgIpc) is 2.47. The van der Waals surface area contributed by atoms with Gasteiger partial charge in [-0.3, -0.25) is 0 Å². The second-order valence-electron chi connectivity index (χ2n) is 6.38. The number of hydrogen-bond acceptors (Lipinski definition) is 2. The van der Waals surface area contributed by atoms with Crippen molar-refractivity contribution >= 4 is 0 Å². The number of rotatable bonds is 4. The van der Waals surface area contributed by atoms with Gasteiger partial charge in [0.25, 0.3) is 0 Å². The van der Waals surface area contributed by atoms with Crippen molar-refractivity contribution in [1.82, 2.24) is 5.32 Å². The van der Waals surface area contributed by atoms with Gasteiger partial charge in [0.05, 0.1) is 7.11 Å². The van der Waals surface area contributed by atoms with E-state index in [4.69, 9.17) is 4.74 Å². The number of ether oxygens (including phenoxy) is 1. The molecule has 0 fully saturated rings. The number of benzene rings is 2. The van der Waals surface area contributed by atoms with Crippen molar-refractivity contribution in [3.05, 3.63) is 53.6 Å². The Balaban J connectivity index is 2.35. The fourth-order valence-corrected chi connectivity index (χ4v) is 2.45. The van der Waals surface area contributed by atoms with E-state index in [0.717, 1.165) is 12.3 Å². The lowest BCUT2D eigenvalue weighted by molar-refractivity contribution is 0.408. The Kier molecular flexibility index (Phi) is 4.69. The predicted octanol–water partition coefficient (Wildman–Crippen LogP) is 4.38. The van der Waals surface area contributed by atoms with Crippen LogP contribution in [0.3, 0.4) is 0 Å². The van der Waals surface area contributed by atoms with Gasteiger partial charge >= 0.3 is 0 Å². The molecule has 0 bridgehead atoms. The molecule has 0 amide bonds. The van der Waals surface area contributed by atoms with Crippen molar-refractivity contribution in [2.24, 2.45) is 0 Å². The Morgan fingerprint density at radius 2 is 1.57 bits per heavy atom. The van der Waals surface area contributed by atoms with Gasteiger partial charge in [-0.2, -0.15) is 0 Å². The third-order valence-electron chi connectivity index (χ3n) is 3.73. The van der Waals surface area contributed by atoms with Crippen LogP contribution in [0.25, 0.3) is 11.1 Å². The standard InChI is InChI=1S/C19H25NO/c1-19(2,3)17-9-6-14(7-10-17)15-8-11-18(21-5)16(12-15)13-20-4/h6-12,20H,13H2,1-5H3. The molecular formula is C19H25NO. The van der Waals surface area contributed by atoms with Gasteiger partial charge < -0.3 is 10.1 Å². The van der Waals surface area contributed by atoms with Crippen LogP contribution in [-0.2, 0) is 12.0 Å². The quantitative estimate of drug-likeness (QED) is 0.899. The van der Waals surface area contributed by atoms with Gasteiger partial charge in [-0.25, -0.2) is 0 Å². The van der Waals surface area contributed by atoms with E-state index in [1.807, 2.05) is 13.1 Å². The highest BCUT2D eigenvalue weighted by atomic mass is 16.5.